The molecule has 1 atom stereocenters. The summed E-state index contributed by atoms with van der Waals surface area (Å²) in [7, 11) is 0. The highest BCUT2D eigenvalue weighted by Gasteiger charge is 2.29. The van der Waals surface area contributed by atoms with Crippen LogP contribution in [-0.4, -0.2) is 14.0 Å². The van der Waals surface area contributed by atoms with E-state index in [2.05, 4.69) is 21.0 Å². The van der Waals surface area contributed by atoms with Crippen LogP contribution in [0.4, 0.5) is 4.39 Å². The minimum absolute atomic E-state index is 0.0403. The number of hydrogen-bond donors (Lipinski definition) is 0. The molecule has 1 heterocycles. The summed E-state index contributed by atoms with van der Waals surface area (Å²) in [6.07, 6.45) is 0.0403. The van der Waals surface area contributed by atoms with E-state index in [1.54, 1.807) is 59.3 Å². The van der Waals surface area contributed by atoms with Gasteiger partial charge in [-0.15, -0.1) is 0 Å². The average Bonchev–Trinajstić information content (AvgIpc) is 2.80. The van der Waals surface area contributed by atoms with Gasteiger partial charge in [0.1, 0.15) is 18.3 Å². The summed E-state index contributed by atoms with van der Waals surface area (Å²) in [6.45, 7) is 0.0841. The molecule has 162 valence electrons. The molecular formula is C24H17BrFIN2O3. The summed E-state index contributed by atoms with van der Waals surface area (Å²) in [4.78, 5) is 25.8. The van der Waals surface area contributed by atoms with Gasteiger partial charge in [0.05, 0.1) is 33.9 Å². The Kier molecular flexibility index (Phi) is 7.00. The van der Waals surface area contributed by atoms with Gasteiger partial charge in [-0.05, 0) is 35.7 Å². The third-order valence-corrected chi connectivity index (χ3v) is 6.22. The van der Waals surface area contributed by atoms with Crippen molar-refractivity contribution in [3.8, 4) is 0 Å². The van der Waals surface area contributed by atoms with Crippen LogP contribution in [0, 0.1) is 5.82 Å². The molecule has 0 radical (unpaired) electrons. The zero-order valence-electron chi connectivity index (χ0n) is 16.7. The zero-order chi connectivity index (χ0) is 22.7. The summed E-state index contributed by atoms with van der Waals surface area (Å²) >= 11 is 5.04. The Balaban J connectivity index is 1.77. The van der Waals surface area contributed by atoms with Crippen LogP contribution in [0.3, 0.4) is 0 Å². The Morgan fingerprint density at radius 2 is 1.75 bits per heavy atom. The summed E-state index contributed by atoms with van der Waals surface area (Å²) < 4.78 is 22.0. The predicted molar refractivity (Wildman–Crippen MR) is 132 cm³/mol. The number of hydrogen-bond acceptors (Lipinski definition) is 4. The van der Waals surface area contributed by atoms with Gasteiger partial charge < -0.3 is 4.74 Å². The molecule has 32 heavy (non-hydrogen) atoms. The molecule has 0 bridgehead atoms. The summed E-state index contributed by atoms with van der Waals surface area (Å²) in [5.41, 5.74) is 1.28. The molecule has 0 aliphatic rings. The van der Waals surface area contributed by atoms with Gasteiger partial charge in [-0.25, -0.2) is 4.39 Å². The highest BCUT2D eigenvalue weighted by molar-refractivity contribution is 14.1. The molecule has 4 rings (SSSR count). The first-order valence-electron chi connectivity index (χ1n) is 9.76. The van der Waals surface area contributed by atoms with Gasteiger partial charge in [-0.3, -0.25) is 9.59 Å². The number of benzene rings is 3. The van der Waals surface area contributed by atoms with Crippen molar-refractivity contribution < 1.29 is 13.9 Å². The van der Waals surface area contributed by atoms with E-state index in [4.69, 9.17) is 4.74 Å². The number of ether oxygens (including phenoxy) is 1. The maximum Gasteiger partial charge on any atom is 0.315 e. The molecule has 0 aliphatic heterocycles. The van der Waals surface area contributed by atoms with Crippen LogP contribution in [0.2, 0.25) is 0 Å². The fraction of sp³-hybridized carbons (Fsp3) is 0.125. The van der Waals surface area contributed by atoms with Crippen molar-refractivity contribution >= 4 is 55.5 Å². The Morgan fingerprint density at radius 3 is 2.47 bits per heavy atom. The maximum absolute atomic E-state index is 14.6. The standard InChI is InChI=1S/C24H17BrFIN2O3/c25-17-11-10-16(21(26)13-17)12-20(24(31)32-14-15-6-2-1-3-7-15)22-18-8-4-5-9-19(18)23(30)29(27)28-22/h1-11,13,20H,12,14H2. The van der Waals surface area contributed by atoms with Crippen molar-refractivity contribution in [3.05, 3.63) is 110 Å². The zero-order valence-corrected chi connectivity index (χ0v) is 20.4. The van der Waals surface area contributed by atoms with Crippen LogP contribution in [0.1, 0.15) is 22.7 Å². The van der Waals surface area contributed by atoms with E-state index in [9.17, 15) is 14.0 Å². The van der Waals surface area contributed by atoms with Gasteiger partial charge in [0.25, 0.3) is 5.56 Å². The normalized spacial score (nSPS) is 12.0. The molecule has 1 aromatic heterocycles. The second-order valence-electron chi connectivity index (χ2n) is 7.18. The Labute approximate surface area is 205 Å². The van der Waals surface area contributed by atoms with Gasteiger partial charge in [-0.2, -0.15) is 7.99 Å². The summed E-state index contributed by atoms with van der Waals surface area (Å²) in [5.74, 6) is -1.88. The molecular weight excluding hydrogens is 590 g/mol. The summed E-state index contributed by atoms with van der Waals surface area (Å²) in [5, 5.41) is 5.36. The molecule has 0 saturated heterocycles. The van der Waals surface area contributed by atoms with Crippen molar-refractivity contribution in [1.29, 1.82) is 0 Å². The van der Waals surface area contributed by atoms with Crippen molar-refractivity contribution in [2.24, 2.45) is 0 Å². The molecule has 0 N–H and O–H groups in total. The van der Waals surface area contributed by atoms with Crippen LogP contribution in [0.25, 0.3) is 10.8 Å². The highest BCUT2D eigenvalue weighted by Crippen LogP contribution is 2.29. The fourth-order valence-corrected chi connectivity index (χ4v) is 4.30. The lowest BCUT2D eigenvalue weighted by Gasteiger charge is -2.18. The first-order chi connectivity index (χ1) is 15.4. The number of rotatable bonds is 6. The topological polar surface area (TPSA) is 61.2 Å². The van der Waals surface area contributed by atoms with Crippen LogP contribution in [0.5, 0.6) is 0 Å². The van der Waals surface area contributed by atoms with Crippen LogP contribution >= 0.6 is 38.8 Å². The van der Waals surface area contributed by atoms with Crippen molar-refractivity contribution in [3.63, 3.8) is 0 Å². The molecule has 5 nitrogen and oxygen atoms in total. The number of carbonyl (C=O) groups excluding carboxylic acids is 1. The lowest BCUT2D eigenvalue weighted by molar-refractivity contribution is -0.146. The molecule has 0 saturated carbocycles. The molecule has 1 unspecified atom stereocenters. The SMILES string of the molecule is O=C(OCc1ccccc1)C(Cc1ccc(Br)cc1F)c1nn(I)c(=O)c2ccccc12. The van der Waals surface area contributed by atoms with E-state index in [0.717, 1.165) is 5.56 Å². The number of aromatic nitrogens is 2. The van der Waals surface area contributed by atoms with Crippen molar-refractivity contribution in [1.82, 2.24) is 7.99 Å². The second-order valence-corrected chi connectivity index (χ2v) is 9.01. The third-order valence-electron chi connectivity index (χ3n) is 5.07. The molecule has 4 aromatic rings. The number of fused-ring (bicyclic) bond motifs is 1. The number of carbonyl (C=O) groups is 1. The molecule has 0 fully saturated rings. The van der Waals surface area contributed by atoms with Crippen molar-refractivity contribution in [2.75, 3.05) is 0 Å². The first-order valence-corrected chi connectivity index (χ1v) is 11.5. The molecule has 0 aliphatic carbocycles. The highest BCUT2D eigenvalue weighted by atomic mass is 127. The fourth-order valence-electron chi connectivity index (χ4n) is 3.47. The van der Waals surface area contributed by atoms with Crippen molar-refractivity contribution in [2.45, 2.75) is 18.9 Å². The lowest BCUT2D eigenvalue weighted by atomic mass is 9.92. The van der Waals surface area contributed by atoms with E-state index >= 15 is 0 Å². The molecule has 0 amide bonds. The largest absolute Gasteiger partial charge is 0.460 e. The van der Waals surface area contributed by atoms with E-state index < -0.39 is 17.7 Å². The Hall–Kier alpha value is -2.59. The van der Waals surface area contributed by atoms with Gasteiger partial charge in [-0.1, -0.05) is 70.5 Å². The Bertz CT molecular complexity index is 1340. The first kappa shape index (κ1) is 22.6. The average molecular weight is 607 g/mol. The van der Waals surface area contributed by atoms with Crippen LogP contribution in [-0.2, 0) is 22.6 Å². The quantitative estimate of drug-likeness (QED) is 0.213. The van der Waals surface area contributed by atoms with Gasteiger partial charge >= 0.3 is 5.97 Å². The van der Waals surface area contributed by atoms with Gasteiger partial charge in [0.2, 0.25) is 0 Å². The molecule has 0 spiro atoms. The second kappa shape index (κ2) is 9.91. The van der Waals surface area contributed by atoms with E-state index in [1.807, 2.05) is 30.3 Å². The lowest BCUT2D eigenvalue weighted by Crippen LogP contribution is -2.25. The smallest absolute Gasteiger partial charge is 0.315 e. The third kappa shape index (κ3) is 4.91. The van der Waals surface area contributed by atoms with Gasteiger partial charge in [0, 0.05) is 9.86 Å². The van der Waals surface area contributed by atoms with Crippen LogP contribution < -0.4 is 5.56 Å². The molecule has 8 heteroatoms. The van der Waals surface area contributed by atoms with Crippen LogP contribution in [0.15, 0.2) is 82.1 Å². The Morgan fingerprint density at radius 1 is 1.06 bits per heavy atom. The minimum atomic E-state index is -0.902. The van der Waals surface area contributed by atoms with Gasteiger partial charge in [0.15, 0.2) is 0 Å². The van der Waals surface area contributed by atoms with E-state index in [0.29, 0.717) is 26.5 Å². The van der Waals surface area contributed by atoms with E-state index in [1.165, 1.54) is 8.96 Å². The number of esters is 1. The monoisotopic (exact) mass is 606 g/mol. The molecule has 3 aromatic carbocycles. The minimum Gasteiger partial charge on any atom is -0.460 e. The number of halogens is 3. The maximum atomic E-state index is 14.6. The predicted octanol–water partition coefficient (Wildman–Crippen LogP) is 5.57. The summed E-state index contributed by atoms with van der Waals surface area (Å²) in [6, 6.07) is 21.0. The van der Waals surface area contributed by atoms with E-state index in [-0.39, 0.29) is 18.6 Å². The number of nitrogens with zero attached hydrogens (tertiary/aromatic N) is 2.